The standard InChI is InChI=1S/C17H25N3O4S2/c1-14-12-20(13-15(2)24-14)26(22,23)19-9-7-18(8-10-19)17(21)6-5-16-4-3-11-25-16/h3-6,11,14-15H,7-10,12-13H2,1-2H3/b6-5+. The topological polar surface area (TPSA) is 70.2 Å². The molecule has 2 aliphatic rings. The highest BCUT2D eigenvalue weighted by atomic mass is 32.2. The van der Waals surface area contributed by atoms with Crippen LogP contribution in [-0.4, -0.2) is 79.3 Å². The Balaban J connectivity index is 1.56. The third kappa shape index (κ3) is 4.52. The lowest BCUT2D eigenvalue weighted by atomic mass is 10.3. The summed E-state index contributed by atoms with van der Waals surface area (Å²) >= 11 is 1.57. The Morgan fingerprint density at radius 1 is 1.15 bits per heavy atom. The van der Waals surface area contributed by atoms with Gasteiger partial charge in [-0.1, -0.05) is 6.07 Å². The third-order valence-electron chi connectivity index (χ3n) is 4.52. The Hall–Kier alpha value is -1.26. The predicted molar refractivity (Wildman–Crippen MR) is 102 cm³/mol. The maximum absolute atomic E-state index is 12.9. The van der Waals surface area contributed by atoms with Crippen LogP contribution in [0.5, 0.6) is 0 Å². The highest BCUT2D eigenvalue weighted by Gasteiger charge is 2.37. The summed E-state index contributed by atoms with van der Waals surface area (Å²) in [6.07, 6.45) is 3.13. The van der Waals surface area contributed by atoms with Gasteiger partial charge in [0, 0.05) is 50.2 Å². The van der Waals surface area contributed by atoms with E-state index in [9.17, 15) is 13.2 Å². The minimum Gasteiger partial charge on any atom is -0.373 e. The fraction of sp³-hybridized carbons (Fsp3) is 0.588. The van der Waals surface area contributed by atoms with E-state index < -0.39 is 10.2 Å². The zero-order valence-electron chi connectivity index (χ0n) is 15.1. The van der Waals surface area contributed by atoms with Crippen molar-refractivity contribution >= 4 is 33.5 Å². The molecule has 1 aromatic heterocycles. The van der Waals surface area contributed by atoms with E-state index in [0.29, 0.717) is 39.3 Å². The molecule has 2 aliphatic heterocycles. The van der Waals surface area contributed by atoms with Crippen LogP contribution in [0.15, 0.2) is 23.6 Å². The van der Waals surface area contributed by atoms with Crippen molar-refractivity contribution in [3.8, 4) is 0 Å². The average Bonchev–Trinajstić information content (AvgIpc) is 3.12. The number of piperazine rings is 1. The number of amides is 1. The highest BCUT2D eigenvalue weighted by Crippen LogP contribution is 2.19. The minimum absolute atomic E-state index is 0.0796. The van der Waals surface area contributed by atoms with E-state index in [1.807, 2.05) is 31.4 Å². The van der Waals surface area contributed by atoms with Crippen molar-refractivity contribution in [3.63, 3.8) is 0 Å². The first-order chi connectivity index (χ1) is 12.4. The lowest BCUT2D eigenvalue weighted by Crippen LogP contribution is -2.57. The summed E-state index contributed by atoms with van der Waals surface area (Å²) in [7, 11) is -3.52. The van der Waals surface area contributed by atoms with Crippen LogP contribution in [-0.2, 0) is 19.7 Å². The molecule has 2 fully saturated rings. The molecule has 26 heavy (non-hydrogen) atoms. The second kappa shape index (κ2) is 8.18. The monoisotopic (exact) mass is 399 g/mol. The smallest absolute Gasteiger partial charge is 0.282 e. The maximum Gasteiger partial charge on any atom is 0.282 e. The van der Waals surface area contributed by atoms with Gasteiger partial charge in [-0.25, -0.2) is 0 Å². The first kappa shape index (κ1) is 19.5. The molecule has 9 heteroatoms. The van der Waals surface area contributed by atoms with E-state index in [1.165, 1.54) is 8.61 Å². The third-order valence-corrected chi connectivity index (χ3v) is 7.33. The molecule has 1 amide bonds. The summed E-state index contributed by atoms with van der Waals surface area (Å²) in [5, 5.41) is 1.96. The number of morpholine rings is 1. The SMILES string of the molecule is CC1CN(S(=O)(=O)N2CCN(C(=O)/C=C/c3cccs3)CC2)CC(C)O1. The van der Waals surface area contributed by atoms with Crippen LogP contribution in [0.2, 0.25) is 0 Å². The van der Waals surface area contributed by atoms with Crippen LogP contribution in [0, 0.1) is 0 Å². The molecule has 0 N–H and O–H groups in total. The van der Waals surface area contributed by atoms with Gasteiger partial charge in [0.25, 0.3) is 10.2 Å². The lowest BCUT2D eigenvalue weighted by molar-refractivity contribution is -0.127. The molecular weight excluding hydrogens is 374 g/mol. The number of carbonyl (C=O) groups is 1. The van der Waals surface area contributed by atoms with Gasteiger partial charge in [0.2, 0.25) is 5.91 Å². The summed E-state index contributed by atoms with van der Waals surface area (Å²) in [5.41, 5.74) is 0. The zero-order valence-corrected chi connectivity index (χ0v) is 16.7. The van der Waals surface area contributed by atoms with Crippen molar-refractivity contribution < 1.29 is 17.9 Å². The molecule has 0 radical (unpaired) electrons. The number of ether oxygens (including phenoxy) is 1. The van der Waals surface area contributed by atoms with Crippen molar-refractivity contribution in [2.75, 3.05) is 39.3 Å². The summed E-state index contributed by atoms with van der Waals surface area (Å²) in [6, 6.07) is 3.88. The van der Waals surface area contributed by atoms with Crippen molar-refractivity contribution in [2.45, 2.75) is 26.1 Å². The molecule has 3 heterocycles. The second-order valence-corrected chi connectivity index (χ2v) is 9.56. The van der Waals surface area contributed by atoms with Crippen molar-refractivity contribution in [1.82, 2.24) is 13.5 Å². The summed E-state index contributed by atoms with van der Waals surface area (Å²) in [6.45, 7) is 5.96. The van der Waals surface area contributed by atoms with Crippen molar-refractivity contribution in [3.05, 3.63) is 28.5 Å². The average molecular weight is 400 g/mol. The van der Waals surface area contributed by atoms with Crippen LogP contribution in [0.1, 0.15) is 18.7 Å². The van der Waals surface area contributed by atoms with Gasteiger partial charge < -0.3 is 9.64 Å². The highest BCUT2D eigenvalue weighted by molar-refractivity contribution is 7.86. The molecule has 0 bridgehead atoms. The van der Waals surface area contributed by atoms with Gasteiger partial charge in [0.1, 0.15) is 0 Å². The van der Waals surface area contributed by atoms with Crippen molar-refractivity contribution in [1.29, 1.82) is 0 Å². The van der Waals surface area contributed by atoms with Gasteiger partial charge in [0.05, 0.1) is 12.2 Å². The fourth-order valence-corrected chi connectivity index (χ4v) is 5.63. The number of hydrogen-bond donors (Lipinski definition) is 0. The van der Waals surface area contributed by atoms with E-state index in [4.69, 9.17) is 4.74 Å². The number of hydrogen-bond acceptors (Lipinski definition) is 5. The Bertz CT molecular complexity index is 730. The molecule has 2 saturated heterocycles. The first-order valence-electron chi connectivity index (χ1n) is 8.77. The quantitative estimate of drug-likeness (QED) is 0.715. The number of nitrogens with zero attached hydrogens (tertiary/aromatic N) is 3. The van der Waals surface area contributed by atoms with Crippen LogP contribution >= 0.6 is 11.3 Å². The van der Waals surface area contributed by atoms with E-state index in [-0.39, 0.29) is 18.1 Å². The summed E-state index contributed by atoms with van der Waals surface area (Å²) in [4.78, 5) is 15.0. The fourth-order valence-electron chi connectivity index (χ4n) is 3.27. The van der Waals surface area contributed by atoms with Gasteiger partial charge in [-0.15, -0.1) is 11.3 Å². The van der Waals surface area contributed by atoms with Crippen molar-refractivity contribution in [2.24, 2.45) is 0 Å². The normalized spacial score (nSPS) is 26.5. The van der Waals surface area contributed by atoms with E-state index in [1.54, 1.807) is 28.4 Å². The number of carbonyl (C=O) groups excluding carboxylic acids is 1. The van der Waals surface area contributed by atoms with Gasteiger partial charge in [-0.3, -0.25) is 4.79 Å². The van der Waals surface area contributed by atoms with Crippen LogP contribution in [0.3, 0.4) is 0 Å². The molecule has 7 nitrogen and oxygen atoms in total. The van der Waals surface area contributed by atoms with Gasteiger partial charge in [-0.05, 0) is 31.4 Å². The minimum atomic E-state index is -3.52. The maximum atomic E-state index is 12.9. The Kier molecular flexibility index (Phi) is 6.13. The predicted octanol–water partition coefficient (Wildman–Crippen LogP) is 1.26. The molecule has 3 rings (SSSR count). The molecular formula is C17H25N3O4S2. The zero-order chi connectivity index (χ0) is 18.7. The summed E-state index contributed by atoms with van der Waals surface area (Å²) < 4.78 is 34.3. The van der Waals surface area contributed by atoms with Gasteiger partial charge in [-0.2, -0.15) is 17.0 Å². The molecule has 0 saturated carbocycles. The molecule has 0 aromatic carbocycles. The molecule has 144 valence electrons. The summed E-state index contributed by atoms with van der Waals surface area (Å²) in [5.74, 6) is -0.0796. The van der Waals surface area contributed by atoms with E-state index >= 15 is 0 Å². The Morgan fingerprint density at radius 2 is 1.81 bits per heavy atom. The first-order valence-corrected chi connectivity index (χ1v) is 11.0. The van der Waals surface area contributed by atoms with Crippen LogP contribution < -0.4 is 0 Å². The second-order valence-electron chi connectivity index (χ2n) is 6.66. The number of rotatable bonds is 4. The lowest BCUT2D eigenvalue weighted by Gasteiger charge is -2.40. The molecule has 2 unspecified atom stereocenters. The largest absolute Gasteiger partial charge is 0.373 e. The van der Waals surface area contributed by atoms with Crippen LogP contribution in [0.4, 0.5) is 0 Å². The Morgan fingerprint density at radius 3 is 2.38 bits per heavy atom. The van der Waals surface area contributed by atoms with E-state index in [2.05, 4.69) is 0 Å². The van der Waals surface area contributed by atoms with E-state index in [0.717, 1.165) is 4.88 Å². The molecule has 0 spiro atoms. The number of thiophene rings is 1. The van der Waals surface area contributed by atoms with Gasteiger partial charge >= 0.3 is 0 Å². The molecule has 0 aliphatic carbocycles. The van der Waals surface area contributed by atoms with Crippen LogP contribution in [0.25, 0.3) is 6.08 Å². The Labute approximate surface area is 159 Å². The van der Waals surface area contributed by atoms with Gasteiger partial charge in [0.15, 0.2) is 0 Å². The molecule has 2 atom stereocenters. The molecule has 1 aromatic rings.